The zero-order chi connectivity index (χ0) is 46.1. The van der Waals surface area contributed by atoms with E-state index in [1.807, 2.05) is 6.07 Å². The van der Waals surface area contributed by atoms with E-state index < -0.39 is 23.1 Å². The van der Waals surface area contributed by atoms with Gasteiger partial charge in [0.1, 0.15) is 52.3 Å². The molecule has 0 aliphatic rings. The number of benzene rings is 3. The minimum Gasteiger partial charge on any atom is -0.508 e. The van der Waals surface area contributed by atoms with E-state index in [-0.39, 0.29) is 37.9 Å². The molecule has 0 spiro atoms. The lowest BCUT2D eigenvalue weighted by atomic mass is 10.00. The molecule has 0 aromatic heterocycles. The predicted molar refractivity (Wildman–Crippen MR) is 249 cm³/mol. The largest absolute Gasteiger partial charge is 0.508 e. The second kappa shape index (κ2) is 28.2. The Balaban J connectivity index is 1.87. The van der Waals surface area contributed by atoms with Crippen LogP contribution in [0.2, 0.25) is 0 Å². The fourth-order valence-corrected chi connectivity index (χ4v) is 6.97. The summed E-state index contributed by atoms with van der Waals surface area (Å²) in [4.78, 5) is 25.3. The average Bonchev–Trinajstić information content (AvgIpc) is 3.21. The SMILES string of the molecule is CCCCCCCCCCOc1cc(COc2cc(O)cc(-c3c(OCCCCCCCCCC)cc(CO)cc3OCC(=O)OC(C)(C)C)c2)cc(OCC(=O)OC(C)(C)C)c1. The summed E-state index contributed by atoms with van der Waals surface area (Å²) in [6, 6.07) is 13.7. The third kappa shape index (κ3) is 22.5. The first-order chi connectivity index (χ1) is 30.1. The van der Waals surface area contributed by atoms with Crippen LogP contribution in [-0.2, 0) is 32.3 Å². The lowest BCUT2D eigenvalue weighted by Gasteiger charge is -2.21. The van der Waals surface area contributed by atoms with Gasteiger partial charge in [-0.05, 0) is 107 Å². The van der Waals surface area contributed by atoms with Gasteiger partial charge in [-0.2, -0.15) is 0 Å². The summed E-state index contributed by atoms with van der Waals surface area (Å²) in [6.45, 7) is 15.3. The Hall–Kier alpha value is -4.64. The van der Waals surface area contributed by atoms with Crippen LogP contribution < -0.4 is 23.7 Å². The maximum atomic E-state index is 12.8. The number of aliphatic hydroxyl groups is 1. The molecule has 0 bridgehead atoms. The van der Waals surface area contributed by atoms with Gasteiger partial charge in [0.2, 0.25) is 0 Å². The van der Waals surface area contributed by atoms with Crippen LogP contribution >= 0.6 is 0 Å². The number of hydrogen-bond acceptors (Lipinski definition) is 11. The monoisotopic (exact) mass is 879 g/mol. The Morgan fingerprint density at radius 3 is 1.48 bits per heavy atom. The summed E-state index contributed by atoms with van der Waals surface area (Å²) in [5.74, 6) is 0.983. The van der Waals surface area contributed by atoms with E-state index in [1.165, 1.54) is 76.7 Å². The number of aliphatic hydroxyl groups excluding tert-OH is 1. The average molecular weight is 879 g/mol. The van der Waals surface area contributed by atoms with E-state index in [0.29, 0.717) is 52.9 Å². The lowest BCUT2D eigenvalue weighted by molar-refractivity contribution is -0.158. The summed E-state index contributed by atoms with van der Waals surface area (Å²) in [7, 11) is 0. The van der Waals surface area contributed by atoms with Crippen molar-refractivity contribution in [1.82, 2.24) is 0 Å². The molecule has 11 heteroatoms. The van der Waals surface area contributed by atoms with E-state index in [0.717, 1.165) is 37.7 Å². The lowest BCUT2D eigenvalue weighted by Crippen LogP contribution is -2.27. The van der Waals surface area contributed by atoms with E-state index >= 15 is 0 Å². The molecule has 0 aliphatic carbocycles. The molecular formula is C52H78O11. The maximum Gasteiger partial charge on any atom is 0.344 e. The van der Waals surface area contributed by atoms with Gasteiger partial charge in [0, 0.05) is 12.1 Å². The molecule has 0 radical (unpaired) electrons. The van der Waals surface area contributed by atoms with Crippen LogP contribution in [0.4, 0.5) is 0 Å². The highest BCUT2D eigenvalue weighted by molar-refractivity contribution is 5.80. The molecule has 0 fully saturated rings. The van der Waals surface area contributed by atoms with E-state index in [9.17, 15) is 19.8 Å². The number of ether oxygens (including phenoxy) is 7. The van der Waals surface area contributed by atoms with Crippen LogP contribution in [0.3, 0.4) is 0 Å². The Morgan fingerprint density at radius 2 is 0.952 bits per heavy atom. The van der Waals surface area contributed by atoms with Crippen LogP contribution in [-0.4, -0.2) is 59.8 Å². The number of hydrogen-bond donors (Lipinski definition) is 2. The van der Waals surface area contributed by atoms with Crippen LogP contribution in [0.5, 0.6) is 34.5 Å². The molecule has 0 unspecified atom stereocenters. The van der Waals surface area contributed by atoms with Gasteiger partial charge in [0.05, 0.1) is 25.4 Å². The van der Waals surface area contributed by atoms with Crippen LogP contribution in [0, 0.1) is 0 Å². The van der Waals surface area contributed by atoms with Crippen LogP contribution in [0.25, 0.3) is 11.1 Å². The van der Waals surface area contributed by atoms with E-state index in [2.05, 4.69) is 13.8 Å². The molecule has 0 amide bonds. The molecule has 0 saturated carbocycles. The first-order valence-electron chi connectivity index (χ1n) is 23.4. The number of rotatable bonds is 31. The van der Waals surface area contributed by atoms with Crippen molar-refractivity contribution in [2.24, 2.45) is 0 Å². The highest BCUT2D eigenvalue weighted by Crippen LogP contribution is 2.43. The molecule has 2 N–H and O–H groups in total. The topological polar surface area (TPSA) is 139 Å². The van der Waals surface area contributed by atoms with Crippen molar-refractivity contribution in [3.63, 3.8) is 0 Å². The Kier molecular flexibility index (Phi) is 23.6. The van der Waals surface area contributed by atoms with Crippen molar-refractivity contribution in [1.29, 1.82) is 0 Å². The molecule has 3 aromatic carbocycles. The molecule has 3 aromatic rings. The second-order valence-corrected chi connectivity index (χ2v) is 18.3. The Morgan fingerprint density at radius 1 is 0.492 bits per heavy atom. The van der Waals surface area contributed by atoms with Crippen molar-refractivity contribution >= 4 is 11.9 Å². The first kappa shape index (κ1) is 52.7. The zero-order valence-electron chi connectivity index (χ0n) is 39.7. The molecule has 0 atom stereocenters. The molecule has 0 heterocycles. The smallest absolute Gasteiger partial charge is 0.344 e. The fraction of sp³-hybridized carbons (Fsp3) is 0.615. The molecule has 11 nitrogen and oxygen atoms in total. The summed E-state index contributed by atoms with van der Waals surface area (Å²) >= 11 is 0. The second-order valence-electron chi connectivity index (χ2n) is 18.3. The van der Waals surface area contributed by atoms with Gasteiger partial charge in [0.15, 0.2) is 13.2 Å². The van der Waals surface area contributed by atoms with Crippen LogP contribution in [0.15, 0.2) is 48.5 Å². The van der Waals surface area contributed by atoms with Gasteiger partial charge >= 0.3 is 11.9 Å². The van der Waals surface area contributed by atoms with Crippen molar-refractivity contribution in [2.75, 3.05) is 26.4 Å². The maximum absolute atomic E-state index is 12.8. The van der Waals surface area contributed by atoms with Gasteiger partial charge in [0.25, 0.3) is 0 Å². The van der Waals surface area contributed by atoms with Gasteiger partial charge < -0.3 is 43.4 Å². The quantitative estimate of drug-likeness (QED) is 0.0471. The van der Waals surface area contributed by atoms with Crippen LogP contribution in [0.1, 0.15) is 169 Å². The van der Waals surface area contributed by atoms with Gasteiger partial charge in [-0.3, -0.25) is 0 Å². The number of carbonyl (C=O) groups is 2. The zero-order valence-corrected chi connectivity index (χ0v) is 39.7. The van der Waals surface area contributed by atoms with Gasteiger partial charge in [-0.1, -0.05) is 104 Å². The third-order valence-corrected chi connectivity index (χ3v) is 9.90. The Labute approximate surface area is 378 Å². The van der Waals surface area contributed by atoms with Gasteiger partial charge in [-0.15, -0.1) is 0 Å². The van der Waals surface area contributed by atoms with E-state index in [1.54, 1.807) is 77.9 Å². The Bertz CT molecular complexity index is 1790. The van der Waals surface area contributed by atoms with Gasteiger partial charge in [-0.25, -0.2) is 9.59 Å². The minimum absolute atomic E-state index is 0.0651. The standard InChI is InChI=1S/C52H78O11/c1-9-11-13-15-17-19-21-23-25-57-43-27-40(28-44(34-43)60-37-48(55)62-51(3,4)5)36-59-45-32-41(31-42(54)33-45)50-46(58-26-24-22-20-18-16-14-12-10-2)29-39(35-53)30-47(50)61-38-49(56)63-52(6,7)8/h27-34,53-54H,9-26,35-38H2,1-8H3. The van der Waals surface area contributed by atoms with Crippen molar-refractivity contribution in [2.45, 2.75) is 183 Å². The summed E-state index contributed by atoms with van der Waals surface area (Å²) in [5, 5.41) is 21.3. The van der Waals surface area contributed by atoms with Crippen molar-refractivity contribution in [3.05, 3.63) is 59.7 Å². The number of phenolic OH excluding ortho intramolecular Hbond substituents is 1. The molecule has 63 heavy (non-hydrogen) atoms. The number of esters is 2. The number of phenols is 1. The number of aromatic hydroxyl groups is 1. The molecule has 352 valence electrons. The van der Waals surface area contributed by atoms with Crippen molar-refractivity contribution < 1.29 is 53.0 Å². The fourth-order valence-electron chi connectivity index (χ4n) is 6.97. The molecule has 3 rings (SSSR count). The summed E-state index contributed by atoms with van der Waals surface area (Å²) in [5.41, 5.74) is 0.910. The normalized spacial score (nSPS) is 11.6. The molecular weight excluding hydrogens is 801 g/mol. The molecule has 0 aliphatic heterocycles. The first-order valence-corrected chi connectivity index (χ1v) is 23.4. The summed E-state index contributed by atoms with van der Waals surface area (Å²) < 4.78 is 41.8. The van der Waals surface area contributed by atoms with Crippen molar-refractivity contribution in [3.8, 4) is 45.6 Å². The minimum atomic E-state index is -0.707. The highest BCUT2D eigenvalue weighted by Gasteiger charge is 2.22. The predicted octanol–water partition coefficient (Wildman–Crippen LogP) is 12.6. The summed E-state index contributed by atoms with van der Waals surface area (Å²) in [6.07, 6.45) is 18.6. The third-order valence-electron chi connectivity index (χ3n) is 9.90. The molecule has 0 saturated heterocycles. The highest BCUT2D eigenvalue weighted by atomic mass is 16.6. The number of carbonyl (C=O) groups excluding carboxylic acids is 2. The van der Waals surface area contributed by atoms with E-state index in [4.69, 9.17) is 33.2 Å². The number of unbranched alkanes of at least 4 members (excludes halogenated alkanes) is 14.